The minimum Gasteiger partial charge on any atom is -0.308 e. The van der Waals surface area contributed by atoms with Crippen molar-refractivity contribution in [3.63, 3.8) is 0 Å². The van der Waals surface area contributed by atoms with Crippen molar-refractivity contribution >= 4 is 11.8 Å². The van der Waals surface area contributed by atoms with Crippen molar-refractivity contribution in [2.45, 2.75) is 39.7 Å². The van der Waals surface area contributed by atoms with Gasteiger partial charge in [-0.1, -0.05) is 51.1 Å². The molecule has 0 aromatic heterocycles. The quantitative estimate of drug-likeness (QED) is 0.847. The number of benzene rings is 1. The zero-order chi connectivity index (χ0) is 15.5. The summed E-state index contributed by atoms with van der Waals surface area (Å²) in [5.41, 5.74) is 1.28. The van der Waals surface area contributed by atoms with Gasteiger partial charge in [0.1, 0.15) is 0 Å². The molecule has 114 valence electrons. The molecule has 1 aliphatic heterocycles. The summed E-state index contributed by atoms with van der Waals surface area (Å²) in [6, 6.07) is 10.5. The highest BCUT2D eigenvalue weighted by atomic mass is 16.2. The monoisotopic (exact) mass is 288 g/mol. The smallest absolute Gasteiger partial charge is 0.229 e. The molecule has 0 saturated carbocycles. The number of carbonyl (C=O) groups excluding carboxylic acids is 2. The molecule has 1 aliphatic rings. The standard InChI is InChI=1S/C17H24N2O2/c1-17(2,3)16(13-7-5-4-6-8-13)18-11-12-19-14(20)9-10-15(19)21/h4-8,16,18H,9-12H2,1-3H3/t16-/m1/s1. The van der Waals surface area contributed by atoms with Crippen molar-refractivity contribution in [3.05, 3.63) is 35.9 Å². The van der Waals surface area contributed by atoms with Gasteiger partial charge >= 0.3 is 0 Å². The fourth-order valence-electron chi connectivity index (χ4n) is 2.76. The number of rotatable bonds is 5. The van der Waals surface area contributed by atoms with Gasteiger partial charge in [-0.2, -0.15) is 0 Å². The fraction of sp³-hybridized carbons (Fsp3) is 0.529. The van der Waals surface area contributed by atoms with E-state index < -0.39 is 0 Å². The third-order valence-electron chi connectivity index (χ3n) is 3.84. The number of amides is 2. The maximum atomic E-state index is 11.6. The molecule has 1 fully saturated rings. The number of nitrogens with zero attached hydrogens (tertiary/aromatic N) is 1. The van der Waals surface area contributed by atoms with Crippen LogP contribution in [0.4, 0.5) is 0 Å². The molecule has 0 spiro atoms. The van der Waals surface area contributed by atoms with Crippen molar-refractivity contribution in [3.8, 4) is 0 Å². The number of carbonyl (C=O) groups is 2. The lowest BCUT2D eigenvalue weighted by Gasteiger charge is -2.32. The molecule has 2 rings (SSSR count). The summed E-state index contributed by atoms with van der Waals surface area (Å²) in [6.07, 6.45) is 0.723. The van der Waals surface area contributed by atoms with Gasteiger partial charge in [-0.25, -0.2) is 0 Å². The molecule has 1 aromatic rings. The molecule has 1 saturated heterocycles. The molecule has 1 N–H and O–H groups in total. The zero-order valence-electron chi connectivity index (χ0n) is 13.1. The molecule has 2 amide bonds. The van der Waals surface area contributed by atoms with E-state index in [2.05, 4.69) is 38.2 Å². The first-order valence-electron chi connectivity index (χ1n) is 7.51. The van der Waals surface area contributed by atoms with Crippen molar-refractivity contribution in [2.75, 3.05) is 13.1 Å². The average molecular weight is 288 g/mol. The molecule has 4 nitrogen and oxygen atoms in total. The van der Waals surface area contributed by atoms with E-state index in [1.54, 1.807) is 0 Å². The van der Waals surface area contributed by atoms with Gasteiger partial charge in [0.2, 0.25) is 11.8 Å². The Morgan fingerprint density at radius 2 is 1.67 bits per heavy atom. The molecular weight excluding hydrogens is 264 g/mol. The van der Waals surface area contributed by atoms with E-state index in [9.17, 15) is 9.59 Å². The maximum Gasteiger partial charge on any atom is 0.229 e. The Balaban J connectivity index is 1.98. The van der Waals surface area contributed by atoms with Crippen LogP contribution in [0.5, 0.6) is 0 Å². The summed E-state index contributed by atoms with van der Waals surface area (Å²) in [5, 5.41) is 3.50. The number of nitrogens with one attached hydrogen (secondary N) is 1. The highest BCUT2D eigenvalue weighted by Gasteiger charge is 2.30. The van der Waals surface area contributed by atoms with E-state index in [1.807, 2.05) is 18.2 Å². The van der Waals surface area contributed by atoms with Crippen LogP contribution in [0.2, 0.25) is 0 Å². The topological polar surface area (TPSA) is 49.4 Å². The molecular formula is C17H24N2O2. The molecule has 1 heterocycles. The Morgan fingerprint density at radius 3 is 2.19 bits per heavy atom. The summed E-state index contributed by atoms with van der Waals surface area (Å²) >= 11 is 0. The van der Waals surface area contributed by atoms with Crippen molar-refractivity contribution in [2.24, 2.45) is 5.41 Å². The van der Waals surface area contributed by atoms with Crippen LogP contribution >= 0.6 is 0 Å². The molecule has 1 atom stereocenters. The lowest BCUT2D eigenvalue weighted by Crippen LogP contribution is -2.40. The van der Waals surface area contributed by atoms with Gasteiger partial charge in [0, 0.05) is 32.0 Å². The Labute approximate surface area is 126 Å². The van der Waals surface area contributed by atoms with E-state index in [0.29, 0.717) is 25.9 Å². The van der Waals surface area contributed by atoms with Crippen molar-refractivity contribution in [1.29, 1.82) is 0 Å². The van der Waals surface area contributed by atoms with E-state index >= 15 is 0 Å². The van der Waals surface area contributed by atoms with Crippen LogP contribution in [-0.4, -0.2) is 29.8 Å². The Hall–Kier alpha value is -1.68. The summed E-state index contributed by atoms with van der Waals surface area (Å²) < 4.78 is 0. The summed E-state index contributed by atoms with van der Waals surface area (Å²) in [6.45, 7) is 7.63. The van der Waals surface area contributed by atoms with E-state index in [-0.39, 0.29) is 23.3 Å². The second kappa shape index (κ2) is 6.39. The first-order chi connectivity index (χ1) is 9.89. The molecule has 1 aromatic carbocycles. The minimum atomic E-state index is -0.0474. The van der Waals surface area contributed by atoms with Crippen LogP contribution in [0.25, 0.3) is 0 Å². The minimum absolute atomic E-state index is 0.0474. The lowest BCUT2D eigenvalue weighted by molar-refractivity contribution is -0.138. The van der Waals surface area contributed by atoms with Crippen LogP contribution in [0.3, 0.4) is 0 Å². The highest BCUT2D eigenvalue weighted by Crippen LogP contribution is 2.32. The molecule has 0 unspecified atom stereocenters. The lowest BCUT2D eigenvalue weighted by atomic mass is 9.82. The van der Waals surface area contributed by atoms with Crippen molar-refractivity contribution in [1.82, 2.24) is 10.2 Å². The van der Waals surface area contributed by atoms with Crippen LogP contribution in [0.1, 0.15) is 45.2 Å². The number of imide groups is 1. The number of hydrogen-bond acceptors (Lipinski definition) is 3. The number of hydrogen-bond donors (Lipinski definition) is 1. The van der Waals surface area contributed by atoms with Gasteiger partial charge in [0.25, 0.3) is 0 Å². The van der Waals surface area contributed by atoms with Crippen LogP contribution in [0.15, 0.2) is 30.3 Å². The van der Waals surface area contributed by atoms with Gasteiger partial charge in [-0.15, -0.1) is 0 Å². The molecule has 0 aliphatic carbocycles. The predicted octanol–water partition coefficient (Wildman–Crippen LogP) is 2.51. The maximum absolute atomic E-state index is 11.6. The van der Waals surface area contributed by atoms with E-state index in [1.165, 1.54) is 10.5 Å². The second-order valence-corrected chi connectivity index (χ2v) is 6.60. The van der Waals surface area contributed by atoms with E-state index in [0.717, 1.165) is 0 Å². The summed E-state index contributed by atoms with van der Waals surface area (Å²) in [7, 11) is 0. The molecule has 0 radical (unpaired) electrons. The van der Waals surface area contributed by atoms with Crippen LogP contribution < -0.4 is 5.32 Å². The van der Waals surface area contributed by atoms with Gasteiger partial charge < -0.3 is 5.32 Å². The Morgan fingerprint density at radius 1 is 1.10 bits per heavy atom. The van der Waals surface area contributed by atoms with Crippen molar-refractivity contribution < 1.29 is 9.59 Å². The fourth-order valence-corrected chi connectivity index (χ4v) is 2.76. The largest absolute Gasteiger partial charge is 0.308 e. The molecule has 0 bridgehead atoms. The SMILES string of the molecule is CC(C)(C)[C@H](NCCN1C(=O)CCC1=O)c1ccccc1. The molecule has 21 heavy (non-hydrogen) atoms. The Kier molecular flexibility index (Phi) is 4.78. The zero-order valence-corrected chi connectivity index (χ0v) is 13.1. The summed E-state index contributed by atoms with van der Waals surface area (Å²) in [5.74, 6) is -0.0948. The predicted molar refractivity (Wildman–Crippen MR) is 82.6 cm³/mol. The normalized spacial score (nSPS) is 17.4. The van der Waals surface area contributed by atoms with Gasteiger partial charge in [-0.3, -0.25) is 14.5 Å². The molecule has 4 heteroatoms. The first-order valence-corrected chi connectivity index (χ1v) is 7.51. The van der Waals surface area contributed by atoms with Gasteiger partial charge in [-0.05, 0) is 11.0 Å². The third-order valence-corrected chi connectivity index (χ3v) is 3.84. The van der Waals surface area contributed by atoms with Crippen LogP contribution in [-0.2, 0) is 9.59 Å². The highest BCUT2D eigenvalue weighted by molar-refractivity contribution is 6.01. The first kappa shape index (κ1) is 15.7. The third kappa shape index (κ3) is 3.91. The van der Waals surface area contributed by atoms with Gasteiger partial charge in [0.05, 0.1) is 0 Å². The van der Waals surface area contributed by atoms with Gasteiger partial charge in [0.15, 0.2) is 0 Å². The van der Waals surface area contributed by atoms with Crippen LogP contribution in [0, 0.1) is 5.41 Å². The average Bonchev–Trinajstić information content (AvgIpc) is 2.74. The second-order valence-electron chi connectivity index (χ2n) is 6.60. The Bertz CT molecular complexity index is 489. The number of likely N-dealkylation sites (tertiary alicyclic amines) is 1. The van der Waals surface area contributed by atoms with E-state index in [4.69, 9.17) is 0 Å². The summed E-state index contributed by atoms with van der Waals surface area (Å²) in [4.78, 5) is 24.6.